The molecule has 0 fully saturated rings. The lowest BCUT2D eigenvalue weighted by molar-refractivity contribution is -0.124. The molecule has 2 rings (SSSR count). The molecule has 0 saturated carbocycles. The Labute approximate surface area is 146 Å². The van der Waals surface area contributed by atoms with Crippen molar-refractivity contribution in [1.82, 2.24) is 5.32 Å². The molecule has 0 unspecified atom stereocenters. The van der Waals surface area contributed by atoms with Gasteiger partial charge in [0, 0.05) is 12.6 Å². The Bertz CT molecular complexity index is 742. The summed E-state index contributed by atoms with van der Waals surface area (Å²) in [6.07, 6.45) is 0. The lowest BCUT2D eigenvalue weighted by Crippen LogP contribution is -2.31. The largest absolute Gasteiger partial charge is 0.452 e. The highest BCUT2D eigenvalue weighted by Gasteiger charge is 2.13. The molecule has 2 N–H and O–H groups in total. The van der Waals surface area contributed by atoms with Crippen LogP contribution in [0.1, 0.15) is 35.8 Å². The van der Waals surface area contributed by atoms with Gasteiger partial charge in [0.05, 0.1) is 11.6 Å². The van der Waals surface area contributed by atoms with Crippen LogP contribution >= 0.6 is 0 Å². The minimum atomic E-state index is -0.600. The molecule has 130 valence electrons. The topological polar surface area (TPSA) is 84.5 Å². The standard InChI is InChI=1S/C19H20N2O4/c1-13(15-6-4-3-5-7-15)20-18(23)12-25-19(24)16-8-10-17(11-9-16)21-14(2)22/h3-11,13H,12H2,1-2H3,(H,20,23)(H,21,22)/t13-/m1/s1. The van der Waals surface area contributed by atoms with Crippen molar-refractivity contribution in [2.45, 2.75) is 19.9 Å². The van der Waals surface area contributed by atoms with Crippen LogP contribution in [0, 0.1) is 0 Å². The van der Waals surface area contributed by atoms with Gasteiger partial charge in [0.1, 0.15) is 0 Å². The maximum atomic E-state index is 11.9. The first-order valence-electron chi connectivity index (χ1n) is 7.85. The van der Waals surface area contributed by atoms with Gasteiger partial charge in [-0.2, -0.15) is 0 Å². The second kappa shape index (κ2) is 8.63. The van der Waals surface area contributed by atoms with E-state index in [1.54, 1.807) is 12.1 Å². The predicted octanol–water partition coefficient (Wildman–Crippen LogP) is 2.68. The molecule has 0 aliphatic heterocycles. The van der Waals surface area contributed by atoms with Crippen molar-refractivity contribution in [2.24, 2.45) is 0 Å². The first-order chi connectivity index (χ1) is 12.0. The molecule has 2 aromatic carbocycles. The van der Waals surface area contributed by atoms with Crippen LogP contribution in [0.2, 0.25) is 0 Å². The van der Waals surface area contributed by atoms with Crippen molar-refractivity contribution < 1.29 is 19.1 Å². The number of rotatable bonds is 6. The molecule has 0 bridgehead atoms. The number of hydrogen-bond acceptors (Lipinski definition) is 4. The smallest absolute Gasteiger partial charge is 0.338 e. The van der Waals surface area contributed by atoms with Crippen molar-refractivity contribution in [1.29, 1.82) is 0 Å². The van der Waals surface area contributed by atoms with E-state index in [4.69, 9.17) is 4.74 Å². The third kappa shape index (κ3) is 5.76. The molecule has 0 aliphatic carbocycles. The fraction of sp³-hybridized carbons (Fsp3) is 0.211. The van der Waals surface area contributed by atoms with Gasteiger partial charge in [-0.05, 0) is 36.8 Å². The van der Waals surface area contributed by atoms with E-state index in [9.17, 15) is 14.4 Å². The van der Waals surface area contributed by atoms with Crippen molar-refractivity contribution in [3.63, 3.8) is 0 Å². The van der Waals surface area contributed by atoms with Crippen molar-refractivity contribution >= 4 is 23.5 Å². The average molecular weight is 340 g/mol. The second-order valence-electron chi connectivity index (χ2n) is 5.53. The summed E-state index contributed by atoms with van der Waals surface area (Å²) in [6.45, 7) is 2.90. The van der Waals surface area contributed by atoms with E-state index in [1.807, 2.05) is 37.3 Å². The Morgan fingerprint density at radius 2 is 1.64 bits per heavy atom. The molecule has 0 saturated heterocycles. The summed E-state index contributed by atoms with van der Waals surface area (Å²) < 4.78 is 5.01. The number of carbonyl (C=O) groups is 3. The van der Waals surface area contributed by atoms with Gasteiger partial charge in [-0.3, -0.25) is 9.59 Å². The van der Waals surface area contributed by atoms with Crippen LogP contribution in [0.25, 0.3) is 0 Å². The van der Waals surface area contributed by atoms with Gasteiger partial charge in [-0.15, -0.1) is 0 Å². The molecule has 0 radical (unpaired) electrons. The summed E-state index contributed by atoms with van der Waals surface area (Å²) >= 11 is 0. The average Bonchev–Trinajstić information content (AvgIpc) is 2.60. The summed E-state index contributed by atoms with van der Waals surface area (Å²) in [7, 11) is 0. The van der Waals surface area contributed by atoms with E-state index >= 15 is 0 Å². The third-order valence-electron chi connectivity index (χ3n) is 3.45. The maximum absolute atomic E-state index is 11.9. The van der Waals surface area contributed by atoms with Gasteiger partial charge in [-0.25, -0.2) is 4.79 Å². The lowest BCUT2D eigenvalue weighted by atomic mass is 10.1. The third-order valence-corrected chi connectivity index (χ3v) is 3.45. The number of anilines is 1. The summed E-state index contributed by atoms with van der Waals surface area (Å²) in [5.74, 6) is -1.17. The van der Waals surface area contributed by atoms with Gasteiger partial charge in [0.25, 0.3) is 5.91 Å². The normalized spacial score (nSPS) is 11.3. The van der Waals surface area contributed by atoms with Gasteiger partial charge in [0.15, 0.2) is 6.61 Å². The summed E-state index contributed by atoms with van der Waals surface area (Å²) in [6, 6.07) is 15.6. The number of nitrogens with one attached hydrogen (secondary N) is 2. The van der Waals surface area contributed by atoms with E-state index in [2.05, 4.69) is 10.6 Å². The lowest BCUT2D eigenvalue weighted by Gasteiger charge is -2.14. The minimum Gasteiger partial charge on any atom is -0.452 e. The maximum Gasteiger partial charge on any atom is 0.338 e. The van der Waals surface area contributed by atoms with Gasteiger partial charge in [-0.1, -0.05) is 30.3 Å². The first kappa shape index (κ1) is 18.2. The van der Waals surface area contributed by atoms with Gasteiger partial charge < -0.3 is 15.4 Å². The Morgan fingerprint density at radius 3 is 2.24 bits per heavy atom. The molecule has 1 atom stereocenters. The Morgan fingerprint density at radius 1 is 1.00 bits per heavy atom. The number of hydrogen-bond donors (Lipinski definition) is 2. The van der Waals surface area contributed by atoms with Crippen LogP contribution in [-0.4, -0.2) is 24.4 Å². The number of amides is 2. The molecule has 25 heavy (non-hydrogen) atoms. The Hall–Kier alpha value is -3.15. The zero-order valence-corrected chi connectivity index (χ0v) is 14.1. The molecule has 6 nitrogen and oxygen atoms in total. The van der Waals surface area contributed by atoms with Gasteiger partial charge in [0.2, 0.25) is 5.91 Å². The fourth-order valence-electron chi connectivity index (χ4n) is 2.22. The van der Waals surface area contributed by atoms with Crippen LogP contribution < -0.4 is 10.6 Å². The molecular formula is C19H20N2O4. The zero-order chi connectivity index (χ0) is 18.2. The highest BCUT2D eigenvalue weighted by atomic mass is 16.5. The second-order valence-corrected chi connectivity index (χ2v) is 5.53. The number of esters is 1. The first-order valence-corrected chi connectivity index (χ1v) is 7.85. The number of carbonyl (C=O) groups excluding carboxylic acids is 3. The summed E-state index contributed by atoms with van der Waals surface area (Å²) in [5, 5.41) is 5.37. The molecule has 0 spiro atoms. The summed E-state index contributed by atoms with van der Waals surface area (Å²) in [5.41, 5.74) is 1.85. The van der Waals surface area contributed by atoms with Crippen LogP contribution in [0.5, 0.6) is 0 Å². The van der Waals surface area contributed by atoms with E-state index in [-0.39, 0.29) is 24.5 Å². The molecule has 2 aromatic rings. The van der Waals surface area contributed by atoms with E-state index in [0.717, 1.165) is 5.56 Å². The molecule has 0 aromatic heterocycles. The molecule has 2 amide bonds. The SMILES string of the molecule is CC(=O)Nc1ccc(C(=O)OCC(=O)N[C@H](C)c2ccccc2)cc1. The number of ether oxygens (including phenoxy) is 1. The minimum absolute atomic E-state index is 0.177. The van der Waals surface area contributed by atoms with Crippen molar-refractivity contribution in [2.75, 3.05) is 11.9 Å². The Balaban J connectivity index is 1.82. The highest BCUT2D eigenvalue weighted by Crippen LogP contribution is 2.12. The monoisotopic (exact) mass is 340 g/mol. The van der Waals surface area contributed by atoms with Crippen molar-refractivity contribution in [3.05, 3.63) is 65.7 Å². The summed E-state index contributed by atoms with van der Waals surface area (Å²) in [4.78, 5) is 34.8. The van der Waals surface area contributed by atoms with E-state index in [1.165, 1.54) is 19.1 Å². The molecule has 6 heteroatoms. The predicted molar refractivity (Wildman–Crippen MR) is 94.0 cm³/mol. The van der Waals surface area contributed by atoms with Crippen LogP contribution in [0.3, 0.4) is 0 Å². The van der Waals surface area contributed by atoms with Crippen molar-refractivity contribution in [3.8, 4) is 0 Å². The van der Waals surface area contributed by atoms with E-state index < -0.39 is 5.97 Å². The fourth-order valence-corrected chi connectivity index (χ4v) is 2.22. The van der Waals surface area contributed by atoms with Crippen LogP contribution in [0.4, 0.5) is 5.69 Å². The van der Waals surface area contributed by atoms with Crippen LogP contribution in [0.15, 0.2) is 54.6 Å². The van der Waals surface area contributed by atoms with E-state index in [0.29, 0.717) is 11.3 Å². The molecular weight excluding hydrogens is 320 g/mol. The zero-order valence-electron chi connectivity index (χ0n) is 14.1. The van der Waals surface area contributed by atoms with Crippen LogP contribution in [-0.2, 0) is 14.3 Å². The molecule has 0 aliphatic rings. The van der Waals surface area contributed by atoms with Gasteiger partial charge >= 0.3 is 5.97 Å². The molecule has 0 heterocycles. The highest BCUT2D eigenvalue weighted by molar-refractivity contribution is 5.93. The quantitative estimate of drug-likeness (QED) is 0.792. The Kier molecular flexibility index (Phi) is 6.28. The number of benzene rings is 2.